The van der Waals surface area contributed by atoms with Crippen molar-refractivity contribution in [3.63, 3.8) is 0 Å². The molecule has 4 heteroatoms. The first-order valence-corrected chi connectivity index (χ1v) is 14.7. The maximum Gasteiger partial charge on any atom is 0.160 e. The van der Waals surface area contributed by atoms with Crippen LogP contribution in [0.4, 0.5) is 0 Å². The van der Waals surface area contributed by atoms with Crippen LogP contribution < -0.4 is 0 Å². The minimum absolute atomic E-state index is 0.677. The van der Waals surface area contributed by atoms with E-state index in [-0.39, 0.29) is 0 Å². The van der Waals surface area contributed by atoms with Crippen molar-refractivity contribution in [3.05, 3.63) is 146 Å². The molecule has 0 N–H and O–H groups in total. The Balaban J connectivity index is 1.27. The smallest absolute Gasteiger partial charge is 0.160 e. The molecule has 4 nitrogen and oxygen atoms in total. The summed E-state index contributed by atoms with van der Waals surface area (Å²) in [6.07, 6.45) is 0. The van der Waals surface area contributed by atoms with E-state index in [0.29, 0.717) is 5.82 Å². The number of furan rings is 2. The number of rotatable bonds is 4. The summed E-state index contributed by atoms with van der Waals surface area (Å²) in [6.45, 7) is 0. The summed E-state index contributed by atoms with van der Waals surface area (Å²) >= 11 is 0. The first-order chi connectivity index (χ1) is 21.8. The third-order valence-electron chi connectivity index (χ3n) is 8.31. The van der Waals surface area contributed by atoms with Gasteiger partial charge < -0.3 is 8.83 Å². The van der Waals surface area contributed by atoms with Crippen molar-refractivity contribution in [2.45, 2.75) is 0 Å². The normalized spacial score (nSPS) is 11.6. The standard InChI is InChI=1S/C40H24N2O2/c1-3-11-25(12-4-1)33-24-34(42-40(41-33)26-13-5-2-6-14-26)30-17-9-18-31-38-28(16-10-20-37(38)44-39(30)31)27-21-22-36-32(23-27)29-15-7-8-19-35(29)43-36/h1-24H. The van der Waals surface area contributed by atoms with E-state index >= 15 is 0 Å². The summed E-state index contributed by atoms with van der Waals surface area (Å²) in [7, 11) is 0. The molecule has 9 rings (SSSR count). The molecule has 0 atom stereocenters. The van der Waals surface area contributed by atoms with Gasteiger partial charge in [-0.2, -0.15) is 0 Å². The predicted molar refractivity (Wildman–Crippen MR) is 178 cm³/mol. The van der Waals surface area contributed by atoms with Crippen molar-refractivity contribution in [1.29, 1.82) is 0 Å². The molecule has 6 aromatic carbocycles. The SMILES string of the molecule is c1ccc(-c2cc(-c3cccc4c3oc3cccc(-c5ccc6oc7ccccc7c6c5)c34)nc(-c3ccccc3)n2)cc1. The summed E-state index contributed by atoms with van der Waals surface area (Å²) in [4.78, 5) is 10.0. The first kappa shape index (κ1) is 24.6. The Morgan fingerprint density at radius 3 is 1.91 bits per heavy atom. The Labute approximate surface area is 252 Å². The van der Waals surface area contributed by atoms with Gasteiger partial charge in [0.15, 0.2) is 5.82 Å². The lowest BCUT2D eigenvalue weighted by molar-refractivity contribution is 0.669. The van der Waals surface area contributed by atoms with Crippen LogP contribution in [0.2, 0.25) is 0 Å². The second-order valence-electron chi connectivity index (χ2n) is 11.0. The van der Waals surface area contributed by atoms with Crippen LogP contribution in [0.1, 0.15) is 0 Å². The number of benzene rings is 6. The predicted octanol–water partition coefficient (Wildman–Crippen LogP) is 10.9. The van der Waals surface area contributed by atoms with Gasteiger partial charge in [0, 0.05) is 38.2 Å². The molecule has 0 spiro atoms. The zero-order chi connectivity index (χ0) is 29.0. The molecule has 44 heavy (non-hydrogen) atoms. The van der Waals surface area contributed by atoms with Crippen LogP contribution in [0.5, 0.6) is 0 Å². The van der Waals surface area contributed by atoms with Crippen molar-refractivity contribution in [2.75, 3.05) is 0 Å². The summed E-state index contributed by atoms with van der Waals surface area (Å²) in [5, 5.41) is 4.35. The third kappa shape index (κ3) is 3.92. The Bertz CT molecular complexity index is 2430. The van der Waals surface area contributed by atoms with E-state index in [0.717, 1.165) is 83.1 Å². The van der Waals surface area contributed by atoms with Crippen molar-refractivity contribution in [1.82, 2.24) is 9.97 Å². The molecule has 0 bridgehead atoms. The van der Waals surface area contributed by atoms with Crippen molar-refractivity contribution in [2.24, 2.45) is 0 Å². The van der Waals surface area contributed by atoms with Gasteiger partial charge >= 0.3 is 0 Å². The molecule has 0 aliphatic heterocycles. The first-order valence-electron chi connectivity index (χ1n) is 14.7. The molecule has 0 unspecified atom stereocenters. The molecule has 0 aliphatic rings. The Morgan fingerprint density at radius 1 is 0.386 bits per heavy atom. The Kier molecular flexibility index (Phi) is 5.47. The lowest BCUT2D eigenvalue weighted by Gasteiger charge is -2.09. The molecular weight excluding hydrogens is 540 g/mol. The van der Waals surface area contributed by atoms with Gasteiger partial charge in [0.25, 0.3) is 0 Å². The van der Waals surface area contributed by atoms with Crippen LogP contribution >= 0.6 is 0 Å². The molecular formula is C40H24N2O2. The van der Waals surface area contributed by atoms with Crippen molar-refractivity contribution in [3.8, 4) is 45.0 Å². The molecule has 0 aliphatic carbocycles. The van der Waals surface area contributed by atoms with E-state index < -0.39 is 0 Å². The molecule has 0 fully saturated rings. The second kappa shape index (κ2) is 9.79. The number of fused-ring (bicyclic) bond motifs is 6. The molecule has 3 aromatic heterocycles. The summed E-state index contributed by atoms with van der Waals surface area (Å²) in [6, 6.07) is 49.6. The van der Waals surface area contributed by atoms with Crippen LogP contribution in [0.15, 0.2) is 154 Å². The number of hydrogen-bond donors (Lipinski definition) is 0. The van der Waals surface area contributed by atoms with Gasteiger partial charge in [-0.25, -0.2) is 9.97 Å². The minimum Gasteiger partial charge on any atom is -0.456 e. The molecule has 0 amide bonds. The van der Waals surface area contributed by atoms with E-state index in [4.69, 9.17) is 18.8 Å². The van der Waals surface area contributed by atoms with E-state index in [1.54, 1.807) is 0 Å². The monoisotopic (exact) mass is 564 g/mol. The van der Waals surface area contributed by atoms with Crippen LogP contribution in [0, 0.1) is 0 Å². The van der Waals surface area contributed by atoms with Crippen LogP contribution in [0.3, 0.4) is 0 Å². The van der Waals surface area contributed by atoms with E-state index in [1.165, 1.54) is 0 Å². The quantitative estimate of drug-likeness (QED) is 0.213. The van der Waals surface area contributed by atoms with Crippen molar-refractivity contribution < 1.29 is 8.83 Å². The number of hydrogen-bond acceptors (Lipinski definition) is 4. The molecule has 0 saturated heterocycles. The van der Waals surface area contributed by atoms with E-state index in [9.17, 15) is 0 Å². The largest absolute Gasteiger partial charge is 0.456 e. The highest BCUT2D eigenvalue weighted by molar-refractivity contribution is 6.16. The van der Waals surface area contributed by atoms with Crippen LogP contribution in [-0.2, 0) is 0 Å². The van der Waals surface area contributed by atoms with E-state index in [2.05, 4.69) is 78.9 Å². The van der Waals surface area contributed by atoms with Gasteiger partial charge in [-0.05, 0) is 47.5 Å². The fraction of sp³-hybridized carbons (Fsp3) is 0. The van der Waals surface area contributed by atoms with Gasteiger partial charge in [0.2, 0.25) is 0 Å². The number of aromatic nitrogens is 2. The van der Waals surface area contributed by atoms with E-state index in [1.807, 2.05) is 66.7 Å². The fourth-order valence-electron chi connectivity index (χ4n) is 6.24. The van der Waals surface area contributed by atoms with Gasteiger partial charge in [0.1, 0.15) is 22.3 Å². The molecule has 0 radical (unpaired) electrons. The maximum atomic E-state index is 6.66. The zero-order valence-electron chi connectivity index (χ0n) is 23.6. The highest BCUT2D eigenvalue weighted by atomic mass is 16.3. The lowest BCUT2D eigenvalue weighted by Crippen LogP contribution is -1.96. The van der Waals surface area contributed by atoms with Gasteiger partial charge in [-0.1, -0.05) is 109 Å². The average Bonchev–Trinajstić information content (AvgIpc) is 3.67. The lowest BCUT2D eigenvalue weighted by atomic mass is 9.97. The highest BCUT2D eigenvalue weighted by Crippen LogP contribution is 2.42. The van der Waals surface area contributed by atoms with Gasteiger partial charge in [0.05, 0.1) is 11.4 Å². The summed E-state index contributed by atoms with van der Waals surface area (Å²) in [5.74, 6) is 0.677. The molecule has 206 valence electrons. The zero-order valence-corrected chi connectivity index (χ0v) is 23.6. The maximum absolute atomic E-state index is 6.66. The summed E-state index contributed by atoms with van der Waals surface area (Å²) in [5.41, 5.74) is 10.3. The van der Waals surface area contributed by atoms with Crippen LogP contribution in [0.25, 0.3) is 88.9 Å². The number of para-hydroxylation sites is 2. The third-order valence-corrected chi connectivity index (χ3v) is 8.31. The summed E-state index contributed by atoms with van der Waals surface area (Å²) < 4.78 is 12.8. The Hall–Kier alpha value is -6.00. The van der Waals surface area contributed by atoms with Gasteiger partial charge in [-0.3, -0.25) is 0 Å². The van der Waals surface area contributed by atoms with Crippen molar-refractivity contribution >= 4 is 43.9 Å². The fourth-order valence-corrected chi connectivity index (χ4v) is 6.24. The van der Waals surface area contributed by atoms with Crippen LogP contribution in [-0.4, -0.2) is 9.97 Å². The molecule has 3 heterocycles. The highest BCUT2D eigenvalue weighted by Gasteiger charge is 2.19. The topological polar surface area (TPSA) is 52.1 Å². The Morgan fingerprint density at radius 2 is 1.05 bits per heavy atom. The van der Waals surface area contributed by atoms with Gasteiger partial charge in [-0.15, -0.1) is 0 Å². The molecule has 9 aromatic rings. The average molecular weight is 565 g/mol. The minimum atomic E-state index is 0.677. The number of nitrogens with zero attached hydrogens (tertiary/aromatic N) is 2. The molecule has 0 saturated carbocycles. The second-order valence-corrected chi connectivity index (χ2v) is 11.0.